The zero-order valence-electron chi connectivity index (χ0n) is 17.8. The molecule has 2 fully saturated rings. The average molecular weight is 433 g/mol. The van der Waals surface area contributed by atoms with E-state index in [1.807, 2.05) is 18.2 Å². The highest BCUT2D eigenvalue weighted by Gasteiger charge is 2.59. The first kappa shape index (κ1) is 20.3. The minimum atomic E-state index is -0.990. The van der Waals surface area contributed by atoms with Crippen LogP contribution in [-0.4, -0.2) is 56.1 Å². The second-order valence-electron chi connectivity index (χ2n) is 9.16. The second-order valence-corrected chi connectivity index (χ2v) is 9.16. The van der Waals surface area contributed by atoms with E-state index < -0.39 is 11.6 Å². The van der Waals surface area contributed by atoms with Crippen molar-refractivity contribution >= 4 is 17.3 Å². The number of nitriles is 1. The van der Waals surface area contributed by atoms with Crippen LogP contribution in [0.3, 0.4) is 0 Å². The zero-order valence-corrected chi connectivity index (χ0v) is 17.8. The molecule has 1 unspecified atom stereocenters. The molecule has 0 bridgehead atoms. The highest BCUT2D eigenvalue weighted by Crippen LogP contribution is 2.52. The third-order valence-corrected chi connectivity index (χ3v) is 6.16. The molecule has 32 heavy (non-hydrogen) atoms. The number of aromatic nitrogens is 3. The molecule has 0 radical (unpaired) electrons. The number of aliphatic hydroxyl groups is 1. The molecule has 164 valence electrons. The van der Waals surface area contributed by atoms with Gasteiger partial charge in [0.25, 0.3) is 0 Å². The number of piperidine rings is 1. The number of carbonyl (C=O) groups is 1. The summed E-state index contributed by atoms with van der Waals surface area (Å²) < 4.78 is 7.36. The van der Waals surface area contributed by atoms with E-state index in [0.29, 0.717) is 29.9 Å². The number of hydrogen-bond acceptors (Lipinski definition) is 7. The Hall–Kier alpha value is -3.64. The summed E-state index contributed by atoms with van der Waals surface area (Å²) in [6.45, 7) is 4.85. The van der Waals surface area contributed by atoms with Crippen LogP contribution in [0.2, 0.25) is 0 Å². The number of ether oxygens (including phenoxy) is 1. The van der Waals surface area contributed by atoms with Crippen molar-refractivity contribution in [3.63, 3.8) is 0 Å². The van der Waals surface area contributed by atoms with Gasteiger partial charge in [-0.15, -0.1) is 0 Å². The molecular formula is C23H23N5O4. The highest BCUT2D eigenvalue weighted by molar-refractivity contribution is 5.85. The predicted octanol–water partition coefficient (Wildman–Crippen LogP) is 2.18. The summed E-state index contributed by atoms with van der Waals surface area (Å²) in [6.07, 6.45) is 4.94. The van der Waals surface area contributed by atoms with Crippen LogP contribution in [-0.2, 0) is 4.79 Å². The average Bonchev–Trinajstić information content (AvgIpc) is 3.09. The maximum Gasteiger partial charge on any atom is 0.307 e. The molecule has 9 nitrogen and oxygen atoms in total. The number of fused-ring (bicyclic) bond motifs is 2. The SMILES string of the molecule is CC(C)(O)COc1cc(-c2ccc(N3C[C@@H]4C(C(=O)O)[C@@H]4C3)nc2)c2c(C#N)cnn2c1. The van der Waals surface area contributed by atoms with Gasteiger partial charge in [-0.3, -0.25) is 4.79 Å². The van der Waals surface area contributed by atoms with Crippen molar-refractivity contribution in [2.75, 3.05) is 24.6 Å². The molecule has 2 N–H and O–H groups in total. The van der Waals surface area contributed by atoms with Crippen molar-refractivity contribution in [3.05, 3.63) is 42.4 Å². The van der Waals surface area contributed by atoms with Crippen LogP contribution < -0.4 is 9.64 Å². The molecule has 0 amide bonds. The molecule has 2 aliphatic rings. The molecule has 0 aromatic carbocycles. The van der Waals surface area contributed by atoms with Crippen molar-refractivity contribution in [3.8, 4) is 22.9 Å². The lowest BCUT2D eigenvalue weighted by Crippen LogP contribution is -2.27. The van der Waals surface area contributed by atoms with Gasteiger partial charge in [0.05, 0.1) is 35.0 Å². The number of rotatable bonds is 6. The Kier molecular flexibility index (Phi) is 4.57. The molecule has 4 heterocycles. The van der Waals surface area contributed by atoms with Crippen molar-refractivity contribution in [2.45, 2.75) is 19.4 Å². The van der Waals surface area contributed by atoms with Gasteiger partial charge in [0.2, 0.25) is 0 Å². The van der Waals surface area contributed by atoms with Crippen molar-refractivity contribution in [1.82, 2.24) is 14.6 Å². The predicted molar refractivity (Wildman–Crippen MR) is 115 cm³/mol. The van der Waals surface area contributed by atoms with Crippen LogP contribution >= 0.6 is 0 Å². The lowest BCUT2D eigenvalue weighted by molar-refractivity contribution is -0.139. The molecule has 1 saturated heterocycles. The summed E-state index contributed by atoms with van der Waals surface area (Å²) in [4.78, 5) is 17.9. The fourth-order valence-corrected chi connectivity index (χ4v) is 4.55. The van der Waals surface area contributed by atoms with Crippen LogP contribution in [0.5, 0.6) is 5.75 Å². The van der Waals surface area contributed by atoms with Crippen LogP contribution in [0.1, 0.15) is 19.4 Å². The molecule has 3 aromatic heterocycles. The van der Waals surface area contributed by atoms with E-state index in [-0.39, 0.29) is 24.4 Å². The van der Waals surface area contributed by atoms with Gasteiger partial charge in [0.15, 0.2) is 0 Å². The van der Waals surface area contributed by atoms with Crippen molar-refractivity contribution < 1.29 is 19.7 Å². The molecule has 3 aromatic rings. The first-order chi connectivity index (χ1) is 15.2. The van der Waals surface area contributed by atoms with E-state index in [9.17, 15) is 20.3 Å². The van der Waals surface area contributed by atoms with Gasteiger partial charge in [-0.1, -0.05) is 0 Å². The summed E-state index contributed by atoms with van der Waals surface area (Å²) >= 11 is 0. The van der Waals surface area contributed by atoms with E-state index in [2.05, 4.69) is 21.1 Å². The van der Waals surface area contributed by atoms with Gasteiger partial charge in [0.1, 0.15) is 24.2 Å². The summed E-state index contributed by atoms with van der Waals surface area (Å²) in [6, 6.07) is 7.85. The topological polar surface area (TPSA) is 124 Å². The fraction of sp³-hybridized carbons (Fsp3) is 0.391. The normalized spacial score (nSPS) is 21.9. The quantitative estimate of drug-likeness (QED) is 0.606. The fourth-order valence-electron chi connectivity index (χ4n) is 4.55. The maximum absolute atomic E-state index is 11.2. The van der Waals surface area contributed by atoms with Crippen LogP contribution in [0.15, 0.2) is 36.8 Å². The summed E-state index contributed by atoms with van der Waals surface area (Å²) in [5.74, 6) is 0.839. The largest absolute Gasteiger partial charge is 0.489 e. The molecule has 1 aliphatic carbocycles. The van der Waals surface area contributed by atoms with Gasteiger partial charge >= 0.3 is 5.97 Å². The minimum absolute atomic E-state index is 0.107. The molecular weight excluding hydrogens is 410 g/mol. The van der Waals surface area contributed by atoms with Crippen molar-refractivity contribution in [2.24, 2.45) is 17.8 Å². The third-order valence-electron chi connectivity index (χ3n) is 6.16. The second kappa shape index (κ2) is 7.21. The van der Waals surface area contributed by atoms with Gasteiger partial charge in [-0.2, -0.15) is 10.4 Å². The van der Waals surface area contributed by atoms with Gasteiger partial charge < -0.3 is 19.8 Å². The van der Waals surface area contributed by atoms with E-state index >= 15 is 0 Å². The van der Waals surface area contributed by atoms with E-state index in [4.69, 9.17) is 4.74 Å². The van der Waals surface area contributed by atoms with E-state index in [0.717, 1.165) is 16.9 Å². The van der Waals surface area contributed by atoms with Crippen LogP contribution in [0.4, 0.5) is 5.82 Å². The number of nitrogens with zero attached hydrogens (tertiary/aromatic N) is 5. The lowest BCUT2D eigenvalue weighted by atomic mass is 10.1. The third kappa shape index (κ3) is 3.52. The van der Waals surface area contributed by atoms with Crippen molar-refractivity contribution in [1.29, 1.82) is 5.26 Å². The number of hydrogen-bond donors (Lipinski definition) is 2. The smallest absolute Gasteiger partial charge is 0.307 e. The highest BCUT2D eigenvalue weighted by atomic mass is 16.5. The van der Waals surface area contributed by atoms with Gasteiger partial charge in [-0.25, -0.2) is 9.50 Å². The number of carboxylic acids is 1. The number of aliphatic carboxylic acids is 1. The Balaban J connectivity index is 1.44. The summed E-state index contributed by atoms with van der Waals surface area (Å²) in [5, 5.41) is 33.0. The van der Waals surface area contributed by atoms with Crippen LogP contribution in [0.25, 0.3) is 16.6 Å². The number of carboxylic acid groups (broad SMARTS) is 1. The number of pyridine rings is 2. The Morgan fingerprint density at radius 1 is 1.31 bits per heavy atom. The molecule has 1 saturated carbocycles. The standard InChI is InChI=1S/C23H23N5O4/c1-23(2,31)12-32-15-5-16(21-14(6-24)8-26-28(21)9-15)13-3-4-19(25-7-13)27-10-17-18(11-27)20(17)22(29)30/h3-5,7-9,17-18,20,31H,10-12H2,1-2H3,(H,29,30)/t17-,18+,20?. The molecule has 5 rings (SSSR count). The molecule has 1 aliphatic heterocycles. The van der Waals surface area contributed by atoms with Gasteiger partial charge in [-0.05, 0) is 43.9 Å². The van der Waals surface area contributed by atoms with Crippen LogP contribution in [0, 0.1) is 29.1 Å². The first-order valence-corrected chi connectivity index (χ1v) is 10.5. The Labute approximate surface area is 184 Å². The summed E-state index contributed by atoms with van der Waals surface area (Å²) in [7, 11) is 0. The molecule has 3 atom stereocenters. The Bertz CT molecular complexity index is 1230. The zero-order chi connectivity index (χ0) is 22.6. The number of anilines is 1. The Morgan fingerprint density at radius 2 is 2.06 bits per heavy atom. The first-order valence-electron chi connectivity index (χ1n) is 10.5. The maximum atomic E-state index is 11.2. The van der Waals surface area contributed by atoms with E-state index in [1.165, 1.54) is 6.20 Å². The van der Waals surface area contributed by atoms with E-state index in [1.54, 1.807) is 30.8 Å². The monoisotopic (exact) mass is 433 g/mol. The Morgan fingerprint density at radius 3 is 2.66 bits per heavy atom. The lowest BCUT2D eigenvalue weighted by Gasteiger charge is -2.20. The minimum Gasteiger partial charge on any atom is -0.489 e. The van der Waals surface area contributed by atoms with Gasteiger partial charge in [0, 0.05) is 30.4 Å². The molecule has 9 heteroatoms. The summed E-state index contributed by atoms with van der Waals surface area (Å²) in [5.41, 5.74) is 1.66. The molecule has 0 spiro atoms.